The number of hydrogen-bond donors (Lipinski definition) is 0. The molecule has 1 aromatic rings. The number of rotatable bonds is 4. The summed E-state index contributed by atoms with van der Waals surface area (Å²) in [6.45, 7) is 4.03. The van der Waals surface area contributed by atoms with Crippen molar-refractivity contribution in [1.82, 2.24) is 0 Å². The number of carbonyl (C=O) groups is 1. The Hall–Kier alpha value is -1.83. The number of allylic oxidation sites excluding steroid dienone is 3. The van der Waals surface area contributed by atoms with E-state index in [9.17, 15) is 4.79 Å². The van der Waals surface area contributed by atoms with Crippen LogP contribution in [0.25, 0.3) is 0 Å². The summed E-state index contributed by atoms with van der Waals surface area (Å²) in [5.74, 6) is 0. The Morgan fingerprint density at radius 1 is 1.38 bits per heavy atom. The average molecular weight is 215 g/mol. The van der Waals surface area contributed by atoms with Crippen LogP contribution < -0.4 is 4.90 Å². The molecule has 0 bridgehead atoms. The molecule has 0 N–H and O–H groups in total. The second-order valence-corrected chi connectivity index (χ2v) is 3.82. The molecule has 0 radical (unpaired) electrons. The van der Waals surface area contributed by atoms with Crippen molar-refractivity contribution in [2.45, 2.75) is 13.8 Å². The monoisotopic (exact) mass is 215 g/mol. The minimum absolute atomic E-state index is 0.782. The number of carbonyl (C=O) groups excluding carboxylic acids is 1. The summed E-state index contributed by atoms with van der Waals surface area (Å²) in [6, 6.07) is 8.28. The lowest BCUT2D eigenvalue weighted by molar-refractivity contribution is -0.104. The summed E-state index contributed by atoms with van der Waals surface area (Å²) in [4.78, 5) is 12.2. The number of aldehydes is 1. The lowest BCUT2D eigenvalue weighted by atomic mass is 10.2. The smallest absolute Gasteiger partial charge is 0.142 e. The summed E-state index contributed by atoms with van der Waals surface area (Å²) in [6.07, 6.45) is 6.06. The quantitative estimate of drug-likeness (QED) is 0.437. The van der Waals surface area contributed by atoms with E-state index in [1.165, 1.54) is 11.6 Å². The predicted molar refractivity (Wildman–Crippen MR) is 68.5 cm³/mol. The molecule has 2 nitrogen and oxygen atoms in total. The minimum atomic E-state index is 0.782. The average Bonchev–Trinajstić information content (AvgIpc) is 2.26. The second-order valence-electron chi connectivity index (χ2n) is 3.82. The standard InChI is InChI=1S/C14H17NO/c1-12-6-4-8-14(10-12)15(3)11-13(2)7-5-9-16/h4-11H,1-3H3/b7-5-,13-11-. The van der Waals surface area contributed by atoms with Gasteiger partial charge in [-0.15, -0.1) is 0 Å². The largest absolute Gasteiger partial charge is 0.351 e. The Morgan fingerprint density at radius 2 is 2.12 bits per heavy atom. The molecule has 1 rings (SSSR count). The summed E-state index contributed by atoms with van der Waals surface area (Å²) < 4.78 is 0. The van der Waals surface area contributed by atoms with Crippen LogP contribution in [0.4, 0.5) is 5.69 Å². The Morgan fingerprint density at radius 3 is 2.75 bits per heavy atom. The van der Waals surface area contributed by atoms with Crippen molar-refractivity contribution in [3.05, 3.63) is 53.8 Å². The first-order chi connectivity index (χ1) is 7.63. The van der Waals surface area contributed by atoms with Crippen molar-refractivity contribution in [1.29, 1.82) is 0 Å². The molecule has 16 heavy (non-hydrogen) atoms. The molecule has 0 amide bonds. The SMILES string of the molecule is CC(/C=C\C=O)=C/N(C)c1cccc(C)c1. The molecule has 1 aromatic carbocycles. The molecular weight excluding hydrogens is 198 g/mol. The topological polar surface area (TPSA) is 20.3 Å². The van der Waals surface area contributed by atoms with E-state index in [0.717, 1.165) is 17.5 Å². The van der Waals surface area contributed by atoms with Gasteiger partial charge in [0.1, 0.15) is 6.29 Å². The van der Waals surface area contributed by atoms with Gasteiger partial charge in [0.15, 0.2) is 0 Å². The molecule has 0 atom stereocenters. The van der Waals surface area contributed by atoms with Crippen LogP contribution in [-0.4, -0.2) is 13.3 Å². The van der Waals surface area contributed by atoms with Gasteiger partial charge >= 0.3 is 0 Å². The maximum atomic E-state index is 10.2. The highest BCUT2D eigenvalue weighted by molar-refractivity contribution is 5.65. The van der Waals surface area contributed by atoms with Crippen molar-refractivity contribution in [2.75, 3.05) is 11.9 Å². The van der Waals surface area contributed by atoms with Crippen LogP contribution in [0.1, 0.15) is 12.5 Å². The maximum Gasteiger partial charge on any atom is 0.142 e. The van der Waals surface area contributed by atoms with Gasteiger partial charge in [0.2, 0.25) is 0 Å². The van der Waals surface area contributed by atoms with E-state index in [4.69, 9.17) is 0 Å². The number of benzene rings is 1. The zero-order chi connectivity index (χ0) is 12.0. The third-order valence-corrected chi connectivity index (χ3v) is 2.24. The molecular formula is C14H17NO. The molecule has 0 aliphatic heterocycles. The Balaban J connectivity index is 2.82. The van der Waals surface area contributed by atoms with Gasteiger partial charge in [-0.2, -0.15) is 0 Å². The Labute approximate surface area is 96.9 Å². The van der Waals surface area contributed by atoms with E-state index in [2.05, 4.69) is 25.1 Å². The van der Waals surface area contributed by atoms with E-state index in [1.807, 2.05) is 31.1 Å². The summed E-state index contributed by atoms with van der Waals surface area (Å²) in [7, 11) is 1.99. The lowest BCUT2D eigenvalue weighted by Gasteiger charge is -2.15. The van der Waals surface area contributed by atoms with Gasteiger partial charge in [-0.25, -0.2) is 0 Å². The number of hydrogen-bond acceptors (Lipinski definition) is 2. The molecule has 0 spiro atoms. The second kappa shape index (κ2) is 5.91. The van der Waals surface area contributed by atoms with E-state index < -0.39 is 0 Å². The fourth-order valence-electron chi connectivity index (χ4n) is 1.46. The van der Waals surface area contributed by atoms with E-state index >= 15 is 0 Å². The summed E-state index contributed by atoms with van der Waals surface area (Å²) in [5, 5.41) is 0. The van der Waals surface area contributed by atoms with Gasteiger partial charge in [0.05, 0.1) is 0 Å². The minimum Gasteiger partial charge on any atom is -0.351 e. The molecule has 0 fully saturated rings. The first kappa shape index (κ1) is 12.2. The molecule has 0 saturated carbocycles. The number of aryl methyl sites for hydroxylation is 1. The highest BCUT2D eigenvalue weighted by Gasteiger charge is 1.97. The van der Waals surface area contributed by atoms with Crippen LogP contribution in [-0.2, 0) is 4.79 Å². The van der Waals surface area contributed by atoms with Crippen LogP contribution in [0.3, 0.4) is 0 Å². The van der Waals surface area contributed by atoms with Gasteiger partial charge in [0, 0.05) is 18.9 Å². The highest BCUT2D eigenvalue weighted by atomic mass is 16.1. The van der Waals surface area contributed by atoms with Crippen LogP contribution in [0.5, 0.6) is 0 Å². The van der Waals surface area contributed by atoms with Crippen molar-refractivity contribution >= 4 is 12.0 Å². The van der Waals surface area contributed by atoms with Crippen molar-refractivity contribution in [2.24, 2.45) is 0 Å². The summed E-state index contributed by atoms with van der Waals surface area (Å²) in [5.41, 5.74) is 3.41. The molecule has 0 unspecified atom stereocenters. The molecule has 84 valence electrons. The fourth-order valence-corrected chi connectivity index (χ4v) is 1.46. The van der Waals surface area contributed by atoms with Crippen LogP contribution in [0, 0.1) is 6.92 Å². The van der Waals surface area contributed by atoms with Gasteiger partial charge in [-0.1, -0.05) is 18.2 Å². The predicted octanol–water partition coefficient (Wildman–Crippen LogP) is 3.09. The third kappa shape index (κ3) is 3.73. The van der Waals surface area contributed by atoms with E-state index in [0.29, 0.717) is 0 Å². The fraction of sp³-hybridized carbons (Fsp3) is 0.214. The Bertz CT molecular complexity index is 418. The molecule has 0 saturated heterocycles. The van der Waals surface area contributed by atoms with Gasteiger partial charge < -0.3 is 4.90 Å². The molecule has 0 heterocycles. The summed E-state index contributed by atoms with van der Waals surface area (Å²) >= 11 is 0. The molecule has 0 aromatic heterocycles. The van der Waals surface area contributed by atoms with Crippen LogP contribution >= 0.6 is 0 Å². The molecule has 0 aliphatic carbocycles. The lowest BCUT2D eigenvalue weighted by Crippen LogP contribution is -2.08. The van der Waals surface area contributed by atoms with Crippen molar-refractivity contribution in [3.8, 4) is 0 Å². The maximum absolute atomic E-state index is 10.2. The highest BCUT2D eigenvalue weighted by Crippen LogP contribution is 2.15. The van der Waals surface area contributed by atoms with Gasteiger partial charge in [-0.3, -0.25) is 4.79 Å². The zero-order valence-electron chi connectivity index (χ0n) is 9.97. The van der Waals surface area contributed by atoms with E-state index in [-0.39, 0.29) is 0 Å². The number of nitrogens with zero attached hydrogens (tertiary/aromatic N) is 1. The molecule has 0 aliphatic rings. The molecule has 2 heteroatoms. The third-order valence-electron chi connectivity index (χ3n) is 2.24. The number of anilines is 1. The first-order valence-corrected chi connectivity index (χ1v) is 5.23. The van der Waals surface area contributed by atoms with Crippen molar-refractivity contribution < 1.29 is 4.79 Å². The van der Waals surface area contributed by atoms with E-state index in [1.54, 1.807) is 6.08 Å². The normalized spacial score (nSPS) is 11.8. The van der Waals surface area contributed by atoms with Gasteiger partial charge in [0.25, 0.3) is 0 Å². The van der Waals surface area contributed by atoms with Gasteiger partial charge in [-0.05, 0) is 43.2 Å². The van der Waals surface area contributed by atoms with Crippen LogP contribution in [0.2, 0.25) is 0 Å². The first-order valence-electron chi connectivity index (χ1n) is 5.23. The Kier molecular flexibility index (Phi) is 4.52. The zero-order valence-corrected chi connectivity index (χ0v) is 9.97. The van der Waals surface area contributed by atoms with Crippen molar-refractivity contribution in [3.63, 3.8) is 0 Å². The van der Waals surface area contributed by atoms with Crippen LogP contribution in [0.15, 0.2) is 48.2 Å².